The number of hydrogen-bond donors (Lipinski definition) is 1. The molecule has 38 heavy (non-hydrogen) atoms. The number of nitrogens with one attached hydrogen (secondary N) is 1. The molecule has 0 saturated heterocycles. The number of rotatable bonds is 6. The lowest BCUT2D eigenvalue weighted by Gasteiger charge is -2.28. The molecule has 5 rings (SSSR count). The number of alkyl carbamates (subject to hydrolysis) is 1. The van der Waals surface area contributed by atoms with Crippen molar-refractivity contribution in [2.45, 2.75) is 83.3 Å². The van der Waals surface area contributed by atoms with Crippen LogP contribution in [0.1, 0.15) is 76.0 Å². The van der Waals surface area contributed by atoms with Gasteiger partial charge in [0.1, 0.15) is 23.4 Å². The van der Waals surface area contributed by atoms with E-state index in [-0.39, 0.29) is 12.2 Å². The van der Waals surface area contributed by atoms with Gasteiger partial charge in [-0.15, -0.1) is 10.2 Å². The molecular formula is C29H36ClN5O3. The predicted octanol–water partition coefficient (Wildman–Crippen LogP) is 6.05. The molecule has 1 fully saturated rings. The number of halogens is 1. The minimum Gasteiger partial charge on any atom is -0.474 e. The predicted molar refractivity (Wildman–Crippen MR) is 146 cm³/mol. The lowest BCUT2D eigenvalue weighted by molar-refractivity contribution is 0.0525. The molecular weight excluding hydrogens is 502 g/mol. The number of fused-ring (bicyclic) bond motifs is 3. The fraction of sp³-hybridized carbons (Fsp3) is 0.517. The first-order valence-corrected chi connectivity index (χ1v) is 13.9. The molecule has 1 amide bonds. The smallest absolute Gasteiger partial charge is 0.407 e. The highest BCUT2D eigenvalue weighted by Crippen LogP contribution is 2.38. The van der Waals surface area contributed by atoms with E-state index >= 15 is 0 Å². The molecule has 1 saturated carbocycles. The molecule has 8 nitrogen and oxygen atoms in total. The van der Waals surface area contributed by atoms with Crippen LogP contribution in [0, 0.1) is 5.92 Å². The van der Waals surface area contributed by atoms with E-state index in [1.165, 1.54) is 5.56 Å². The number of aromatic nitrogens is 4. The highest BCUT2D eigenvalue weighted by molar-refractivity contribution is 6.30. The second-order valence-corrected chi connectivity index (χ2v) is 11.8. The van der Waals surface area contributed by atoms with Gasteiger partial charge >= 0.3 is 6.09 Å². The Morgan fingerprint density at radius 2 is 1.92 bits per heavy atom. The van der Waals surface area contributed by atoms with Gasteiger partial charge in [0.25, 0.3) is 0 Å². The van der Waals surface area contributed by atoms with Crippen molar-refractivity contribution in [1.29, 1.82) is 0 Å². The summed E-state index contributed by atoms with van der Waals surface area (Å²) in [6.45, 7) is 6.13. The van der Waals surface area contributed by atoms with Crippen LogP contribution in [0.25, 0.3) is 5.69 Å². The van der Waals surface area contributed by atoms with Crippen LogP contribution in [0.15, 0.2) is 42.6 Å². The van der Waals surface area contributed by atoms with E-state index in [0.717, 1.165) is 67.3 Å². The summed E-state index contributed by atoms with van der Waals surface area (Å²) in [6.07, 6.45) is 7.88. The summed E-state index contributed by atoms with van der Waals surface area (Å²) in [6, 6.07) is 11.8. The molecule has 0 bridgehead atoms. The van der Waals surface area contributed by atoms with Crippen LogP contribution >= 0.6 is 11.6 Å². The first kappa shape index (κ1) is 26.5. The Hall–Kier alpha value is -3.13. The Morgan fingerprint density at radius 3 is 2.66 bits per heavy atom. The average molecular weight is 538 g/mol. The first-order chi connectivity index (χ1) is 18.2. The van der Waals surface area contributed by atoms with E-state index in [1.807, 2.05) is 45.0 Å². The summed E-state index contributed by atoms with van der Waals surface area (Å²) in [5, 5.41) is 13.0. The molecule has 3 aromatic rings. The van der Waals surface area contributed by atoms with E-state index in [4.69, 9.17) is 26.2 Å². The molecule has 0 radical (unpaired) electrons. The van der Waals surface area contributed by atoms with Gasteiger partial charge in [-0.1, -0.05) is 17.7 Å². The SMILES string of the molecule is CC(C)(C)OC(=O)NCCC1Cc2cc(Cl)ccc2-n2c(nnc2[C@H]2CC[C@H](Oc3ccccn3)CC2)C1. The van der Waals surface area contributed by atoms with Crippen molar-refractivity contribution in [2.24, 2.45) is 5.92 Å². The molecule has 1 atom stereocenters. The van der Waals surface area contributed by atoms with E-state index in [1.54, 1.807) is 6.20 Å². The summed E-state index contributed by atoms with van der Waals surface area (Å²) in [5.74, 6) is 3.28. The summed E-state index contributed by atoms with van der Waals surface area (Å²) in [7, 11) is 0. The van der Waals surface area contributed by atoms with E-state index in [0.29, 0.717) is 24.3 Å². The Morgan fingerprint density at radius 1 is 1.11 bits per heavy atom. The van der Waals surface area contributed by atoms with Crippen molar-refractivity contribution in [2.75, 3.05) is 6.54 Å². The van der Waals surface area contributed by atoms with E-state index in [9.17, 15) is 4.79 Å². The van der Waals surface area contributed by atoms with Gasteiger partial charge in [0.05, 0.1) is 5.69 Å². The molecule has 1 unspecified atom stereocenters. The van der Waals surface area contributed by atoms with E-state index < -0.39 is 5.60 Å². The number of amides is 1. The Labute approximate surface area is 229 Å². The van der Waals surface area contributed by atoms with Crippen molar-refractivity contribution < 1.29 is 14.3 Å². The van der Waals surface area contributed by atoms with Gasteiger partial charge in [0, 0.05) is 36.2 Å². The monoisotopic (exact) mass is 537 g/mol. The molecule has 1 N–H and O–H groups in total. The zero-order valence-electron chi connectivity index (χ0n) is 22.3. The number of benzene rings is 1. The van der Waals surface area contributed by atoms with Crippen molar-refractivity contribution in [3.8, 4) is 11.6 Å². The average Bonchev–Trinajstić information content (AvgIpc) is 3.20. The number of nitrogens with zero attached hydrogens (tertiary/aromatic N) is 4. The Balaban J connectivity index is 1.29. The first-order valence-electron chi connectivity index (χ1n) is 13.5. The van der Waals surface area contributed by atoms with Crippen LogP contribution in [-0.4, -0.2) is 44.1 Å². The number of ether oxygens (including phenoxy) is 2. The third-order valence-electron chi connectivity index (χ3n) is 7.20. The minimum absolute atomic E-state index is 0.167. The Bertz CT molecular complexity index is 1250. The van der Waals surface area contributed by atoms with Crippen LogP contribution in [0.5, 0.6) is 5.88 Å². The maximum absolute atomic E-state index is 12.1. The van der Waals surface area contributed by atoms with Gasteiger partial charge < -0.3 is 14.8 Å². The molecule has 2 aliphatic rings. The highest BCUT2D eigenvalue weighted by atomic mass is 35.5. The standard InChI is InChI=1S/C29H36ClN5O3/c1-29(2,3)38-28(36)32-15-13-19-16-21-18-22(30)9-12-24(21)35-25(17-19)33-34-27(35)20-7-10-23(11-8-20)37-26-6-4-5-14-31-26/h4-6,9,12,14,18-20,23H,7-8,10-11,13,15-17H2,1-3H3,(H,32,36)/t19?,20-,23-. The molecule has 1 aromatic carbocycles. The van der Waals surface area contributed by atoms with Gasteiger partial charge in [-0.25, -0.2) is 9.78 Å². The zero-order chi connectivity index (χ0) is 26.7. The fourth-order valence-electron chi connectivity index (χ4n) is 5.49. The number of pyridine rings is 1. The van der Waals surface area contributed by atoms with Crippen molar-refractivity contribution in [3.63, 3.8) is 0 Å². The van der Waals surface area contributed by atoms with Gasteiger partial charge in [0.15, 0.2) is 0 Å². The molecule has 0 spiro atoms. The molecule has 202 valence electrons. The maximum atomic E-state index is 12.1. The number of carbonyl (C=O) groups is 1. The summed E-state index contributed by atoms with van der Waals surface area (Å²) < 4.78 is 13.8. The fourth-order valence-corrected chi connectivity index (χ4v) is 5.68. The molecule has 1 aliphatic heterocycles. The largest absolute Gasteiger partial charge is 0.474 e. The summed E-state index contributed by atoms with van der Waals surface area (Å²) in [4.78, 5) is 16.4. The zero-order valence-corrected chi connectivity index (χ0v) is 23.1. The topological polar surface area (TPSA) is 91.2 Å². The van der Waals surface area contributed by atoms with Gasteiger partial charge in [-0.3, -0.25) is 4.57 Å². The van der Waals surface area contributed by atoms with Crippen molar-refractivity contribution in [3.05, 3.63) is 64.8 Å². The lowest BCUT2D eigenvalue weighted by Crippen LogP contribution is -2.33. The van der Waals surface area contributed by atoms with Crippen LogP contribution < -0.4 is 10.1 Å². The van der Waals surface area contributed by atoms with Crippen LogP contribution in [0.4, 0.5) is 4.79 Å². The van der Waals surface area contributed by atoms with Crippen LogP contribution in [-0.2, 0) is 17.6 Å². The summed E-state index contributed by atoms with van der Waals surface area (Å²) in [5.41, 5.74) is 1.78. The van der Waals surface area contributed by atoms with Crippen LogP contribution in [0.3, 0.4) is 0 Å². The Kier molecular flexibility index (Phi) is 7.88. The molecule has 1 aliphatic carbocycles. The molecule has 3 heterocycles. The minimum atomic E-state index is -0.515. The maximum Gasteiger partial charge on any atom is 0.407 e. The van der Waals surface area contributed by atoms with Crippen molar-refractivity contribution in [1.82, 2.24) is 25.1 Å². The quantitative estimate of drug-likeness (QED) is 0.411. The second-order valence-electron chi connectivity index (χ2n) is 11.3. The second kappa shape index (κ2) is 11.3. The lowest BCUT2D eigenvalue weighted by atomic mass is 9.86. The van der Waals surface area contributed by atoms with Gasteiger partial charge in [0.2, 0.25) is 5.88 Å². The number of carbonyl (C=O) groups excluding carboxylic acids is 1. The molecule has 2 aromatic heterocycles. The third-order valence-corrected chi connectivity index (χ3v) is 7.44. The van der Waals surface area contributed by atoms with Crippen LogP contribution in [0.2, 0.25) is 5.02 Å². The molecule has 9 heteroatoms. The van der Waals surface area contributed by atoms with Gasteiger partial charge in [-0.05, 0) is 95.0 Å². The highest BCUT2D eigenvalue weighted by Gasteiger charge is 2.32. The summed E-state index contributed by atoms with van der Waals surface area (Å²) >= 11 is 6.42. The van der Waals surface area contributed by atoms with Gasteiger partial charge in [-0.2, -0.15) is 0 Å². The normalized spacial score (nSPS) is 21.1. The number of hydrogen-bond acceptors (Lipinski definition) is 6. The van der Waals surface area contributed by atoms with E-state index in [2.05, 4.69) is 32.1 Å². The van der Waals surface area contributed by atoms with Crippen molar-refractivity contribution >= 4 is 17.7 Å². The third kappa shape index (κ3) is 6.46.